The number of aliphatic hydroxyl groups excluding tert-OH is 1. The van der Waals surface area contributed by atoms with Crippen LogP contribution in [0.5, 0.6) is 0 Å². The zero-order valence-electron chi connectivity index (χ0n) is 8.55. The quantitative estimate of drug-likeness (QED) is 0.643. The average Bonchev–Trinajstić information content (AvgIpc) is 2.17. The molecule has 1 saturated heterocycles. The third kappa shape index (κ3) is 4.04. The second kappa shape index (κ2) is 4.91. The molecule has 0 aromatic rings. The standard InChI is InChI=1S/C9H20N2O2/c1-9(2,8-12)7-10-11-3-5-13-6-4-11/h10,12H,3-8H2,1-2H3. The van der Waals surface area contributed by atoms with Gasteiger partial charge in [0.25, 0.3) is 0 Å². The summed E-state index contributed by atoms with van der Waals surface area (Å²) >= 11 is 0. The van der Waals surface area contributed by atoms with Crippen molar-refractivity contribution >= 4 is 0 Å². The van der Waals surface area contributed by atoms with E-state index in [1.807, 2.05) is 13.8 Å². The molecule has 1 fully saturated rings. The Labute approximate surface area is 79.8 Å². The van der Waals surface area contributed by atoms with Crippen molar-refractivity contribution in [2.24, 2.45) is 5.41 Å². The van der Waals surface area contributed by atoms with Crippen LogP contribution < -0.4 is 5.43 Å². The van der Waals surface area contributed by atoms with Gasteiger partial charge >= 0.3 is 0 Å². The minimum Gasteiger partial charge on any atom is -0.396 e. The second-order valence-corrected chi connectivity index (χ2v) is 4.26. The molecule has 0 saturated carbocycles. The molecule has 0 atom stereocenters. The lowest BCUT2D eigenvalue weighted by Gasteiger charge is -2.31. The van der Waals surface area contributed by atoms with E-state index in [-0.39, 0.29) is 12.0 Å². The van der Waals surface area contributed by atoms with Gasteiger partial charge in [0.15, 0.2) is 0 Å². The van der Waals surface area contributed by atoms with E-state index >= 15 is 0 Å². The first kappa shape index (κ1) is 10.9. The first-order valence-corrected chi connectivity index (χ1v) is 4.81. The van der Waals surface area contributed by atoms with Crippen molar-refractivity contribution in [2.45, 2.75) is 13.8 Å². The molecule has 0 amide bonds. The first-order valence-electron chi connectivity index (χ1n) is 4.81. The van der Waals surface area contributed by atoms with Gasteiger partial charge in [-0.3, -0.25) is 5.43 Å². The van der Waals surface area contributed by atoms with Gasteiger partial charge in [-0.1, -0.05) is 13.8 Å². The lowest BCUT2D eigenvalue weighted by Crippen LogP contribution is -2.49. The fraction of sp³-hybridized carbons (Fsp3) is 1.00. The van der Waals surface area contributed by atoms with Crippen molar-refractivity contribution < 1.29 is 9.84 Å². The molecule has 0 unspecified atom stereocenters. The van der Waals surface area contributed by atoms with Crippen LogP contribution in [-0.4, -0.2) is 49.6 Å². The van der Waals surface area contributed by atoms with Gasteiger partial charge in [-0.2, -0.15) is 0 Å². The van der Waals surface area contributed by atoms with E-state index in [4.69, 9.17) is 9.84 Å². The summed E-state index contributed by atoms with van der Waals surface area (Å²) < 4.78 is 5.23. The minimum absolute atomic E-state index is 0.0433. The highest BCUT2D eigenvalue weighted by atomic mass is 16.5. The number of ether oxygens (including phenoxy) is 1. The van der Waals surface area contributed by atoms with Crippen LogP contribution >= 0.6 is 0 Å². The average molecular weight is 188 g/mol. The lowest BCUT2D eigenvalue weighted by molar-refractivity contribution is 0.00173. The van der Waals surface area contributed by atoms with Crippen LogP contribution in [0.3, 0.4) is 0 Å². The van der Waals surface area contributed by atoms with Gasteiger partial charge in [0.2, 0.25) is 0 Å². The lowest BCUT2D eigenvalue weighted by atomic mass is 9.95. The molecule has 4 heteroatoms. The molecule has 1 aliphatic heterocycles. The van der Waals surface area contributed by atoms with Crippen molar-refractivity contribution in [1.29, 1.82) is 0 Å². The SMILES string of the molecule is CC(C)(CO)CNN1CCOCC1. The molecule has 1 rings (SSSR count). The predicted molar refractivity (Wildman–Crippen MR) is 51.3 cm³/mol. The molecule has 0 spiro atoms. The maximum absolute atomic E-state index is 9.04. The zero-order valence-corrected chi connectivity index (χ0v) is 8.55. The maximum atomic E-state index is 9.04. The summed E-state index contributed by atoms with van der Waals surface area (Å²) in [4.78, 5) is 0. The van der Waals surface area contributed by atoms with Crippen LogP contribution in [-0.2, 0) is 4.74 Å². The van der Waals surface area contributed by atoms with Crippen LogP contribution in [0.2, 0.25) is 0 Å². The highest BCUT2D eigenvalue weighted by Gasteiger charge is 2.18. The predicted octanol–water partition coefficient (Wildman–Crippen LogP) is -0.158. The number of rotatable bonds is 4. The van der Waals surface area contributed by atoms with Gasteiger partial charge in [-0.05, 0) is 0 Å². The van der Waals surface area contributed by atoms with Crippen LogP contribution in [0.15, 0.2) is 0 Å². The molecule has 2 N–H and O–H groups in total. The first-order chi connectivity index (χ1) is 6.14. The molecule has 1 aliphatic rings. The van der Waals surface area contributed by atoms with Crippen LogP contribution in [0.25, 0.3) is 0 Å². The monoisotopic (exact) mass is 188 g/mol. The Hall–Kier alpha value is -0.160. The largest absolute Gasteiger partial charge is 0.396 e. The van der Waals surface area contributed by atoms with Gasteiger partial charge in [-0.25, -0.2) is 5.01 Å². The van der Waals surface area contributed by atoms with E-state index < -0.39 is 0 Å². The number of aliphatic hydroxyl groups is 1. The Morgan fingerprint density at radius 3 is 2.54 bits per heavy atom. The third-order valence-corrected chi connectivity index (χ3v) is 2.22. The maximum Gasteiger partial charge on any atom is 0.0608 e. The molecular weight excluding hydrogens is 168 g/mol. The van der Waals surface area contributed by atoms with Crippen molar-refractivity contribution in [2.75, 3.05) is 39.5 Å². The van der Waals surface area contributed by atoms with Crippen LogP contribution in [0, 0.1) is 5.41 Å². The van der Waals surface area contributed by atoms with Gasteiger partial charge in [-0.15, -0.1) is 0 Å². The van der Waals surface area contributed by atoms with E-state index in [0.29, 0.717) is 0 Å². The highest BCUT2D eigenvalue weighted by molar-refractivity contribution is 4.70. The van der Waals surface area contributed by atoms with Crippen LogP contribution in [0.1, 0.15) is 13.8 Å². The van der Waals surface area contributed by atoms with Crippen molar-refractivity contribution in [3.63, 3.8) is 0 Å². The molecule has 0 aromatic heterocycles. The van der Waals surface area contributed by atoms with Crippen molar-refractivity contribution in [1.82, 2.24) is 10.4 Å². The second-order valence-electron chi connectivity index (χ2n) is 4.26. The molecule has 13 heavy (non-hydrogen) atoms. The smallest absolute Gasteiger partial charge is 0.0608 e. The summed E-state index contributed by atoms with van der Waals surface area (Å²) in [5.41, 5.74) is 3.26. The van der Waals surface area contributed by atoms with E-state index in [0.717, 1.165) is 32.8 Å². The zero-order chi connectivity index (χ0) is 9.73. The normalized spacial score (nSPS) is 20.5. The fourth-order valence-corrected chi connectivity index (χ4v) is 1.10. The fourth-order valence-electron chi connectivity index (χ4n) is 1.10. The van der Waals surface area contributed by atoms with E-state index in [2.05, 4.69) is 10.4 Å². The summed E-state index contributed by atoms with van der Waals surface area (Å²) in [6.45, 7) is 8.57. The molecule has 0 aromatic carbocycles. The Kier molecular flexibility index (Phi) is 4.12. The van der Waals surface area contributed by atoms with E-state index in [9.17, 15) is 0 Å². The van der Waals surface area contributed by atoms with Crippen molar-refractivity contribution in [3.05, 3.63) is 0 Å². The topological polar surface area (TPSA) is 44.7 Å². The highest BCUT2D eigenvalue weighted by Crippen LogP contribution is 2.11. The molecule has 4 nitrogen and oxygen atoms in total. The number of hydrazine groups is 1. The van der Waals surface area contributed by atoms with Crippen molar-refractivity contribution in [3.8, 4) is 0 Å². The number of morpholine rings is 1. The number of hydrogen-bond donors (Lipinski definition) is 2. The Balaban J connectivity index is 2.17. The summed E-state index contributed by atoms with van der Waals surface area (Å²) in [6.07, 6.45) is 0. The number of hydrogen-bond acceptors (Lipinski definition) is 4. The molecule has 0 aliphatic carbocycles. The Morgan fingerprint density at radius 2 is 2.00 bits per heavy atom. The third-order valence-electron chi connectivity index (χ3n) is 2.22. The summed E-state index contributed by atoms with van der Waals surface area (Å²) in [6, 6.07) is 0. The van der Waals surface area contributed by atoms with Gasteiger partial charge in [0.1, 0.15) is 0 Å². The number of nitrogens with zero attached hydrogens (tertiary/aromatic N) is 1. The van der Waals surface area contributed by atoms with Gasteiger partial charge in [0, 0.05) is 31.7 Å². The summed E-state index contributed by atoms with van der Waals surface area (Å²) in [5, 5.41) is 11.2. The molecule has 78 valence electrons. The molecule has 0 radical (unpaired) electrons. The minimum atomic E-state index is -0.0433. The van der Waals surface area contributed by atoms with Gasteiger partial charge < -0.3 is 9.84 Å². The molecule has 0 bridgehead atoms. The summed E-state index contributed by atoms with van der Waals surface area (Å²) in [7, 11) is 0. The van der Waals surface area contributed by atoms with E-state index in [1.165, 1.54) is 0 Å². The Bertz CT molecular complexity index is 145. The Morgan fingerprint density at radius 1 is 1.38 bits per heavy atom. The molecular formula is C9H20N2O2. The van der Waals surface area contributed by atoms with E-state index in [1.54, 1.807) is 0 Å². The molecule has 1 heterocycles. The van der Waals surface area contributed by atoms with Gasteiger partial charge in [0.05, 0.1) is 13.2 Å². The number of nitrogens with one attached hydrogen (secondary N) is 1. The summed E-state index contributed by atoms with van der Waals surface area (Å²) in [5.74, 6) is 0. The van der Waals surface area contributed by atoms with Crippen LogP contribution in [0.4, 0.5) is 0 Å².